The molecule has 1 aliphatic rings. The van der Waals surface area contributed by atoms with Crippen LogP contribution in [0.4, 0.5) is 0 Å². The topological polar surface area (TPSA) is 47.1 Å². The zero-order valence-electron chi connectivity index (χ0n) is 8.28. The molecular weight excluding hydrogens is 200 g/mol. The highest BCUT2D eigenvalue weighted by Gasteiger charge is 2.26. The van der Waals surface area contributed by atoms with Gasteiger partial charge in [0, 0.05) is 32.7 Å². The molecule has 2 N–H and O–H groups in total. The lowest BCUT2D eigenvalue weighted by molar-refractivity contribution is 0.0865. The fourth-order valence-electron chi connectivity index (χ4n) is 1.75. The quantitative estimate of drug-likeness (QED) is 0.802. The summed E-state index contributed by atoms with van der Waals surface area (Å²) in [5.74, 6) is 0. The van der Waals surface area contributed by atoms with Gasteiger partial charge in [-0.25, -0.2) is 0 Å². The molecule has 78 valence electrons. The normalized spacial score (nSPS) is 22.4. The zero-order chi connectivity index (χ0) is 10.1. The predicted molar refractivity (Wildman–Crippen MR) is 56.1 cm³/mol. The standard InChI is InChI=1S/C9H15ClN4/c1-13-9(10)4-7(12-13)6-14-3-2-8(14)5-11/h4,8H,2-3,5-6,11H2,1H3. The van der Waals surface area contributed by atoms with Crippen molar-refractivity contribution in [1.29, 1.82) is 0 Å². The van der Waals surface area contributed by atoms with Gasteiger partial charge in [-0.1, -0.05) is 11.6 Å². The van der Waals surface area contributed by atoms with Crippen molar-refractivity contribution in [1.82, 2.24) is 14.7 Å². The van der Waals surface area contributed by atoms with E-state index in [1.54, 1.807) is 4.68 Å². The lowest BCUT2D eigenvalue weighted by atomic mass is 10.0. The van der Waals surface area contributed by atoms with Gasteiger partial charge in [0.05, 0.1) is 5.69 Å². The first-order valence-electron chi connectivity index (χ1n) is 4.83. The first kappa shape index (κ1) is 9.96. The highest BCUT2D eigenvalue weighted by Crippen LogP contribution is 2.20. The van der Waals surface area contributed by atoms with E-state index in [2.05, 4.69) is 10.00 Å². The lowest BCUT2D eigenvalue weighted by Crippen LogP contribution is -2.50. The van der Waals surface area contributed by atoms with Crippen LogP contribution in [0.1, 0.15) is 12.1 Å². The van der Waals surface area contributed by atoms with Crippen molar-refractivity contribution < 1.29 is 0 Å². The first-order valence-corrected chi connectivity index (χ1v) is 5.21. The van der Waals surface area contributed by atoms with Gasteiger partial charge in [-0.15, -0.1) is 0 Å². The Kier molecular flexibility index (Phi) is 2.76. The van der Waals surface area contributed by atoms with E-state index in [0.29, 0.717) is 11.2 Å². The Balaban J connectivity index is 1.97. The second-order valence-corrected chi connectivity index (χ2v) is 4.12. The molecule has 1 saturated heterocycles. The summed E-state index contributed by atoms with van der Waals surface area (Å²) in [7, 11) is 1.85. The largest absolute Gasteiger partial charge is 0.329 e. The molecule has 0 spiro atoms. The second kappa shape index (κ2) is 3.88. The van der Waals surface area contributed by atoms with Crippen molar-refractivity contribution in [3.63, 3.8) is 0 Å². The third-order valence-corrected chi connectivity index (χ3v) is 3.13. The molecular formula is C9H15ClN4. The Morgan fingerprint density at radius 2 is 2.50 bits per heavy atom. The van der Waals surface area contributed by atoms with Gasteiger partial charge in [0.2, 0.25) is 0 Å². The summed E-state index contributed by atoms with van der Waals surface area (Å²) in [4.78, 5) is 2.33. The van der Waals surface area contributed by atoms with Crippen molar-refractivity contribution in [3.8, 4) is 0 Å². The van der Waals surface area contributed by atoms with Gasteiger partial charge in [-0.2, -0.15) is 5.10 Å². The van der Waals surface area contributed by atoms with Crippen molar-refractivity contribution >= 4 is 11.6 Å². The highest BCUT2D eigenvalue weighted by atomic mass is 35.5. The summed E-state index contributed by atoms with van der Waals surface area (Å²) in [6.45, 7) is 2.72. The summed E-state index contributed by atoms with van der Waals surface area (Å²) < 4.78 is 1.69. The van der Waals surface area contributed by atoms with Crippen molar-refractivity contribution in [2.75, 3.05) is 13.1 Å². The van der Waals surface area contributed by atoms with Gasteiger partial charge in [0.25, 0.3) is 0 Å². The minimum atomic E-state index is 0.538. The van der Waals surface area contributed by atoms with Crippen molar-refractivity contribution in [2.24, 2.45) is 12.8 Å². The summed E-state index contributed by atoms with van der Waals surface area (Å²) >= 11 is 5.90. The van der Waals surface area contributed by atoms with Gasteiger partial charge >= 0.3 is 0 Å². The Labute approximate surface area is 88.6 Å². The molecule has 0 saturated carbocycles. The smallest absolute Gasteiger partial charge is 0.127 e. The monoisotopic (exact) mass is 214 g/mol. The van der Waals surface area contributed by atoms with Crippen LogP contribution in [-0.4, -0.2) is 33.8 Å². The summed E-state index contributed by atoms with van der Waals surface area (Å²) in [6.07, 6.45) is 1.21. The molecule has 1 aromatic heterocycles. The minimum absolute atomic E-state index is 0.538. The van der Waals surface area contributed by atoms with Crippen LogP contribution in [-0.2, 0) is 13.6 Å². The maximum atomic E-state index is 5.90. The number of aryl methyl sites for hydroxylation is 1. The minimum Gasteiger partial charge on any atom is -0.329 e. The fourth-order valence-corrected chi connectivity index (χ4v) is 1.92. The van der Waals surface area contributed by atoms with E-state index in [1.165, 1.54) is 6.42 Å². The Morgan fingerprint density at radius 1 is 1.71 bits per heavy atom. The molecule has 1 fully saturated rings. The van der Waals surface area contributed by atoms with Crippen LogP contribution >= 0.6 is 11.6 Å². The average molecular weight is 215 g/mol. The van der Waals surface area contributed by atoms with Gasteiger partial charge in [0.15, 0.2) is 0 Å². The van der Waals surface area contributed by atoms with E-state index < -0.39 is 0 Å². The van der Waals surface area contributed by atoms with Crippen LogP contribution in [0.3, 0.4) is 0 Å². The van der Waals surface area contributed by atoms with E-state index in [1.807, 2.05) is 13.1 Å². The van der Waals surface area contributed by atoms with Crippen LogP contribution < -0.4 is 5.73 Å². The van der Waals surface area contributed by atoms with Crippen LogP contribution in [0, 0.1) is 0 Å². The number of aromatic nitrogens is 2. The third-order valence-electron chi connectivity index (χ3n) is 2.78. The number of rotatable bonds is 3. The molecule has 0 aliphatic carbocycles. The third kappa shape index (κ3) is 1.78. The molecule has 14 heavy (non-hydrogen) atoms. The van der Waals surface area contributed by atoms with Gasteiger partial charge in [-0.05, 0) is 12.5 Å². The molecule has 0 bridgehead atoms. The predicted octanol–water partition coefficient (Wildman–Crippen LogP) is 0.607. The van der Waals surface area contributed by atoms with Crippen LogP contribution in [0.5, 0.6) is 0 Å². The molecule has 1 atom stereocenters. The van der Waals surface area contributed by atoms with Gasteiger partial charge in [0.1, 0.15) is 5.15 Å². The number of hydrogen-bond acceptors (Lipinski definition) is 3. The molecule has 4 nitrogen and oxygen atoms in total. The molecule has 0 radical (unpaired) electrons. The lowest BCUT2D eigenvalue weighted by Gasteiger charge is -2.39. The Hall–Kier alpha value is -0.580. The van der Waals surface area contributed by atoms with Gasteiger partial charge < -0.3 is 5.73 Å². The van der Waals surface area contributed by atoms with Crippen molar-refractivity contribution in [2.45, 2.75) is 19.0 Å². The summed E-state index contributed by atoms with van der Waals surface area (Å²) in [5, 5.41) is 4.99. The van der Waals surface area contributed by atoms with E-state index in [-0.39, 0.29) is 0 Å². The SMILES string of the molecule is Cn1nc(CN2CCC2CN)cc1Cl. The zero-order valence-corrected chi connectivity index (χ0v) is 9.04. The van der Waals surface area contributed by atoms with Crippen LogP contribution in [0.15, 0.2) is 6.07 Å². The van der Waals surface area contributed by atoms with E-state index >= 15 is 0 Å². The summed E-state index contributed by atoms with van der Waals surface area (Å²) in [5.41, 5.74) is 6.64. The fraction of sp³-hybridized carbons (Fsp3) is 0.667. The van der Waals surface area contributed by atoms with Gasteiger partial charge in [-0.3, -0.25) is 9.58 Å². The average Bonchev–Trinajstić information content (AvgIpc) is 2.42. The summed E-state index contributed by atoms with van der Waals surface area (Å²) in [6, 6.07) is 2.45. The number of hydrogen-bond donors (Lipinski definition) is 1. The number of likely N-dealkylation sites (tertiary alicyclic amines) is 1. The molecule has 1 unspecified atom stereocenters. The Bertz CT molecular complexity index is 301. The van der Waals surface area contributed by atoms with Crippen LogP contribution in [0.25, 0.3) is 0 Å². The highest BCUT2D eigenvalue weighted by molar-refractivity contribution is 6.29. The number of nitrogens with zero attached hydrogens (tertiary/aromatic N) is 3. The molecule has 5 heteroatoms. The molecule has 0 amide bonds. The maximum Gasteiger partial charge on any atom is 0.127 e. The van der Waals surface area contributed by atoms with E-state index in [0.717, 1.165) is 25.3 Å². The molecule has 2 rings (SSSR count). The number of nitrogens with two attached hydrogens (primary N) is 1. The maximum absolute atomic E-state index is 5.90. The molecule has 1 aromatic rings. The van der Waals surface area contributed by atoms with Crippen molar-refractivity contribution in [3.05, 3.63) is 16.9 Å². The van der Waals surface area contributed by atoms with Crippen LogP contribution in [0.2, 0.25) is 5.15 Å². The first-order chi connectivity index (χ1) is 6.70. The van der Waals surface area contributed by atoms with E-state index in [9.17, 15) is 0 Å². The molecule has 0 aromatic carbocycles. The Morgan fingerprint density at radius 3 is 2.93 bits per heavy atom. The molecule has 1 aliphatic heterocycles. The second-order valence-electron chi connectivity index (χ2n) is 3.73. The van der Waals surface area contributed by atoms with E-state index in [4.69, 9.17) is 17.3 Å². The molecule has 2 heterocycles. The number of halogens is 1.